The Kier molecular flexibility index (Phi) is 2.78. The normalized spacial score (nSPS) is 12.8. The molecule has 0 fully saturated rings. The second-order valence-electron chi connectivity index (χ2n) is 2.51. The molecule has 0 saturated carbocycles. The van der Waals surface area contributed by atoms with Crippen LogP contribution in [0, 0.1) is 6.92 Å². The van der Waals surface area contributed by atoms with Crippen molar-refractivity contribution < 1.29 is 9.90 Å². The average molecular weight is 186 g/mol. The smallest absolute Gasteiger partial charge is 0.305 e. The fraction of sp³-hybridized carbons (Fsp3) is 0.429. The van der Waals surface area contributed by atoms with Crippen LogP contribution in [-0.4, -0.2) is 16.1 Å². The van der Waals surface area contributed by atoms with E-state index in [1.807, 2.05) is 6.92 Å². The molecule has 0 spiro atoms. The van der Waals surface area contributed by atoms with Gasteiger partial charge in [-0.1, -0.05) is 0 Å². The van der Waals surface area contributed by atoms with Crippen LogP contribution in [0.1, 0.15) is 22.3 Å². The molecule has 0 unspecified atom stereocenters. The molecule has 0 amide bonds. The summed E-state index contributed by atoms with van der Waals surface area (Å²) in [4.78, 5) is 15.3. The Bertz CT molecular complexity index is 285. The lowest BCUT2D eigenvalue weighted by atomic mass is 10.2. The van der Waals surface area contributed by atoms with E-state index in [2.05, 4.69) is 4.98 Å². The van der Waals surface area contributed by atoms with Gasteiger partial charge in [-0.2, -0.15) is 0 Å². The number of aryl methyl sites for hydroxylation is 1. The van der Waals surface area contributed by atoms with Crippen molar-refractivity contribution in [2.45, 2.75) is 19.4 Å². The van der Waals surface area contributed by atoms with E-state index >= 15 is 0 Å². The summed E-state index contributed by atoms with van der Waals surface area (Å²) < 4.78 is 0. The largest absolute Gasteiger partial charge is 0.481 e. The van der Waals surface area contributed by atoms with Crippen molar-refractivity contribution in [2.24, 2.45) is 5.73 Å². The van der Waals surface area contributed by atoms with E-state index in [1.54, 1.807) is 6.20 Å². The fourth-order valence-electron chi connectivity index (χ4n) is 0.819. The number of thiazole rings is 1. The van der Waals surface area contributed by atoms with Gasteiger partial charge in [0, 0.05) is 11.1 Å². The Morgan fingerprint density at radius 1 is 1.92 bits per heavy atom. The second kappa shape index (κ2) is 3.64. The first-order valence-corrected chi connectivity index (χ1v) is 4.31. The maximum absolute atomic E-state index is 10.3. The summed E-state index contributed by atoms with van der Waals surface area (Å²) in [6.07, 6.45) is 1.63. The summed E-state index contributed by atoms with van der Waals surface area (Å²) in [7, 11) is 0. The van der Waals surface area contributed by atoms with Gasteiger partial charge in [-0.3, -0.25) is 4.79 Å². The Hall–Kier alpha value is -0.940. The number of nitrogens with zero attached hydrogens (tertiary/aromatic N) is 1. The summed E-state index contributed by atoms with van der Waals surface area (Å²) in [6.45, 7) is 1.91. The van der Waals surface area contributed by atoms with Crippen LogP contribution in [0.15, 0.2) is 6.20 Å². The van der Waals surface area contributed by atoms with E-state index in [-0.39, 0.29) is 6.42 Å². The first-order chi connectivity index (χ1) is 5.59. The summed E-state index contributed by atoms with van der Waals surface area (Å²) in [5.74, 6) is -0.893. The Morgan fingerprint density at radius 2 is 2.58 bits per heavy atom. The lowest BCUT2D eigenvalue weighted by Gasteiger charge is -2.02. The van der Waals surface area contributed by atoms with Gasteiger partial charge >= 0.3 is 5.97 Å². The zero-order chi connectivity index (χ0) is 9.14. The maximum Gasteiger partial charge on any atom is 0.305 e. The number of aromatic nitrogens is 1. The van der Waals surface area contributed by atoms with E-state index in [0.717, 1.165) is 4.88 Å². The molecule has 3 N–H and O–H groups in total. The minimum absolute atomic E-state index is 0.0625. The van der Waals surface area contributed by atoms with Crippen LogP contribution < -0.4 is 5.73 Å². The molecule has 0 aromatic carbocycles. The third kappa shape index (κ3) is 2.28. The van der Waals surface area contributed by atoms with Crippen molar-refractivity contribution in [3.05, 3.63) is 16.1 Å². The number of hydrogen-bond acceptors (Lipinski definition) is 4. The summed E-state index contributed by atoms with van der Waals surface area (Å²) in [5.41, 5.74) is 5.58. The van der Waals surface area contributed by atoms with Gasteiger partial charge in [0.15, 0.2) is 0 Å². The lowest BCUT2D eigenvalue weighted by Crippen LogP contribution is -2.14. The van der Waals surface area contributed by atoms with E-state index in [0.29, 0.717) is 5.01 Å². The quantitative estimate of drug-likeness (QED) is 0.736. The van der Waals surface area contributed by atoms with Crippen LogP contribution in [0.3, 0.4) is 0 Å². The second-order valence-corrected chi connectivity index (χ2v) is 3.78. The predicted molar refractivity (Wildman–Crippen MR) is 46.0 cm³/mol. The number of carboxylic acids is 1. The molecule has 1 heterocycles. The molecule has 1 atom stereocenters. The summed E-state index contributed by atoms with van der Waals surface area (Å²) in [6, 6.07) is -0.471. The highest BCUT2D eigenvalue weighted by Crippen LogP contribution is 2.19. The van der Waals surface area contributed by atoms with Crippen LogP contribution in [-0.2, 0) is 4.79 Å². The first kappa shape index (κ1) is 9.15. The van der Waals surface area contributed by atoms with Crippen LogP contribution in [0.2, 0.25) is 0 Å². The van der Waals surface area contributed by atoms with Crippen molar-refractivity contribution >= 4 is 17.3 Å². The Balaban J connectivity index is 2.64. The molecule has 12 heavy (non-hydrogen) atoms. The van der Waals surface area contributed by atoms with Gasteiger partial charge in [0.25, 0.3) is 0 Å². The number of carboxylic acid groups (broad SMARTS) is 1. The minimum atomic E-state index is -0.893. The highest BCUT2D eigenvalue weighted by Gasteiger charge is 2.13. The third-order valence-electron chi connectivity index (χ3n) is 1.35. The van der Waals surface area contributed by atoms with Crippen LogP contribution in [0.25, 0.3) is 0 Å². The monoisotopic (exact) mass is 186 g/mol. The van der Waals surface area contributed by atoms with Crippen molar-refractivity contribution in [2.75, 3.05) is 0 Å². The van der Waals surface area contributed by atoms with Crippen LogP contribution in [0.5, 0.6) is 0 Å². The van der Waals surface area contributed by atoms with Gasteiger partial charge in [-0.15, -0.1) is 11.3 Å². The molecule has 0 aliphatic rings. The van der Waals surface area contributed by atoms with E-state index in [9.17, 15) is 4.79 Å². The standard InChI is InChI=1S/C7H10N2O2S/c1-4-3-9-7(12-4)5(8)2-6(10)11/h3,5H,2,8H2,1H3,(H,10,11)/t5-/m1/s1. The molecule has 66 valence electrons. The van der Waals surface area contributed by atoms with Crippen LogP contribution >= 0.6 is 11.3 Å². The minimum Gasteiger partial charge on any atom is -0.481 e. The molecule has 0 saturated heterocycles. The fourth-order valence-corrected chi connectivity index (χ4v) is 1.59. The van der Waals surface area contributed by atoms with Gasteiger partial charge in [0.05, 0.1) is 12.5 Å². The molecule has 1 rings (SSSR count). The topological polar surface area (TPSA) is 76.2 Å². The molecule has 1 aromatic heterocycles. The lowest BCUT2D eigenvalue weighted by molar-refractivity contribution is -0.137. The number of rotatable bonds is 3. The van der Waals surface area contributed by atoms with Crippen molar-refractivity contribution in [1.82, 2.24) is 4.98 Å². The van der Waals surface area contributed by atoms with E-state index in [4.69, 9.17) is 10.8 Å². The number of hydrogen-bond donors (Lipinski definition) is 2. The summed E-state index contributed by atoms with van der Waals surface area (Å²) >= 11 is 1.44. The molecular weight excluding hydrogens is 176 g/mol. The highest BCUT2D eigenvalue weighted by molar-refractivity contribution is 7.11. The zero-order valence-electron chi connectivity index (χ0n) is 6.65. The number of aliphatic carboxylic acids is 1. The SMILES string of the molecule is Cc1cnc([C@H](N)CC(=O)O)s1. The maximum atomic E-state index is 10.3. The Labute approximate surface area is 74.0 Å². The molecule has 5 heteroatoms. The number of carbonyl (C=O) groups is 1. The van der Waals surface area contributed by atoms with Gasteiger partial charge in [-0.05, 0) is 6.92 Å². The van der Waals surface area contributed by atoms with E-state index < -0.39 is 12.0 Å². The molecule has 0 aliphatic heterocycles. The average Bonchev–Trinajstić information content (AvgIpc) is 2.34. The van der Waals surface area contributed by atoms with Gasteiger partial charge in [-0.25, -0.2) is 4.98 Å². The number of nitrogens with two attached hydrogens (primary N) is 1. The third-order valence-corrected chi connectivity index (χ3v) is 2.40. The van der Waals surface area contributed by atoms with Crippen LogP contribution in [0.4, 0.5) is 0 Å². The molecule has 0 radical (unpaired) electrons. The predicted octanol–water partition coefficient (Wildman–Crippen LogP) is 0.926. The van der Waals surface area contributed by atoms with Crippen molar-refractivity contribution in [1.29, 1.82) is 0 Å². The van der Waals surface area contributed by atoms with E-state index in [1.165, 1.54) is 11.3 Å². The zero-order valence-corrected chi connectivity index (χ0v) is 7.47. The highest BCUT2D eigenvalue weighted by atomic mass is 32.1. The summed E-state index contributed by atoms with van der Waals surface area (Å²) in [5, 5.41) is 9.14. The Morgan fingerprint density at radius 3 is 3.00 bits per heavy atom. The molecule has 0 bridgehead atoms. The molecule has 4 nitrogen and oxygen atoms in total. The molecule has 1 aromatic rings. The first-order valence-electron chi connectivity index (χ1n) is 3.49. The molecule has 0 aliphatic carbocycles. The van der Waals surface area contributed by atoms with Gasteiger partial charge in [0.2, 0.25) is 0 Å². The van der Waals surface area contributed by atoms with Gasteiger partial charge < -0.3 is 10.8 Å². The van der Waals surface area contributed by atoms with Gasteiger partial charge in [0.1, 0.15) is 5.01 Å². The van der Waals surface area contributed by atoms with Crippen molar-refractivity contribution in [3.8, 4) is 0 Å². The van der Waals surface area contributed by atoms with Crippen molar-refractivity contribution in [3.63, 3.8) is 0 Å². The molecular formula is C7H10N2O2S.